The van der Waals surface area contributed by atoms with Crippen LogP contribution in [-0.2, 0) is 38.1 Å². The molecule has 0 bridgehead atoms. The summed E-state index contributed by atoms with van der Waals surface area (Å²) in [5, 5.41) is 0. The predicted octanol–water partition coefficient (Wildman–Crippen LogP) is 4.58. The van der Waals surface area contributed by atoms with Gasteiger partial charge in [0.2, 0.25) is 0 Å². The molecule has 8 nitrogen and oxygen atoms in total. The molecule has 1 aliphatic rings. The van der Waals surface area contributed by atoms with Gasteiger partial charge in [0.15, 0.2) is 6.29 Å². The first-order valence-corrected chi connectivity index (χ1v) is 15.1. The van der Waals surface area contributed by atoms with E-state index < -0.39 is 32.4 Å². The Kier molecular flexibility index (Phi) is 9.35. The SMILES string of the molecule is Cc1ccc(S(=O)(=O)OCC(COS(=O)(=O)c2ccc(C)cc2)CC2OCC(c3ccccc3)CO2)cc1. The van der Waals surface area contributed by atoms with E-state index >= 15 is 0 Å². The Morgan fingerprint density at radius 2 is 1.16 bits per heavy atom. The van der Waals surface area contributed by atoms with Gasteiger partial charge in [-0.1, -0.05) is 65.7 Å². The van der Waals surface area contributed by atoms with Crippen molar-refractivity contribution in [2.45, 2.75) is 42.3 Å². The van der Waals surface area contributed by atoms with Crippen molar-refractivity contribution in [3.63, 3.8) is 0 Å². The molecule has 1 aliphatic heterocycles. The highest BCUT2D eigenvalue weighted by atomic mass is 32.2. The molecule has 0 N–H and O–H groups in total. The zero-order chi connectivity index (χ0) is 27.2. The van der Waals surface area contributed by atoms with Crippen LogP contribution in [0.4, 0.5) is 0 Å². The second-order valence-electron chi connectivity index (χ2n) is 9.41. The largest absolute Gasteiger partial charge is 0.352 e. The topological polar surface area (TPSA) is 105 Å². The van der Waals surface area contributed by atoms with Crippen LogP contribution in [0.3, 0.4) is 0 Å². The molecule has 1 fully saturated rings. The van der Waals surface area contributed by atoms with Crippen molar-refractivity contribution >= 4 is 20.2 Å². The lowest BCUT2D eigenvalue weighted by atomic mass is 10.00. The van der Waals surface area contributed by atoms with Crippen molar-refractivity contribution in [2.75, 3.05) is 26.4 Å². The third-order valence-electron chi connectivity index (χ3n) is 6.30. The van der Waals surface area contributed by atoms with E-state index in [1.54, 1.807) is 24.3 Å². The lowest BCUT2D eigenvalue weighted by Gasteiger charge is -2.31. The van der Waals surface area contributed by atoms with E-state index in [9.17, 15) is 16.8 Å². The lowest BCUT2D eigenvalue weighted by Crippen LogP contribution is -2.34. The molecule has 0 spiro atoms. The Hall–Kier alpha value is -2.60. The molecule has 38 heavy (non-hydrogen) atoms. The maximum absolute atomic E-state index is 12.8. The van der Waals surface area contributed by atoms with E-state index in [0.717, 1.165) is 16.7 Å². The number of rotatable bonds is 11. The zero-order valence-electron chi connectivity index (χ0n) is 21.4. The summed E-state index contributed by atoms with van der Waals surface area (Å²) in [4.78, 5) is 0.0387. The Bertz CT molecular complexity index is 1300. The lowest BCUT2D eigenvalue weighted by molar-refractivity contribution is -0.196. The summed E-state index contributed by atoms with van der Waals surface area (Å²) in [5.41, 5.74) is 2.93. The van der Waals surface area contributed by atoms with Gasteiger partial charge in [0.05, 0.1) is 36.2 Å². The van der Waals surface area contributed by atoms with E-state index in [1.165, 1.54) is 24.3 Å². The van der Waals surface area contributed by atoms with Crippen LogP contribution in [0.5, 0.6) is 0 Å². The normalized spacial score (nSPS) is 18.5. The fourth-order valence-corrected chi connectivity index (χ4v) is 5.93. The summed E-state index contributed by atoms with van der Waals surface area (Å²) in [5.74, 6) is -0.573. The highest BCUT2D eigenvalue weighted by Crippen LogP contribution is 2.26. The van der Waals surface area contributed by atoms with Crippen molar-refractivity contribution in [3.05, 3.63) is 95.6 Å². The van der Waals surface area contributed by atoms with Gasteiger partial charge in [-0.25, -0.2) is 0 Å². The average molecular weight is 561 g/mol. The molecular formula is C28H32O8S2. The fraction of sp³-hybridized carbons (Fsp3) is 0.357. The molecule has 4 rings (SSSR count). The highest BCUT2D eigenvalue weighted by molar-refractivity contribution is 7.87. The van der Waals surface area contributed by atoms with Crippen molar-refractivity contribution in [3.8, 4) is 0 Å². The van der Waals surface area contributed by atoms with Crippen molar-refractivity contribution in [1.82, 2.24) is 0 Å². The molecule has 1 saturated heterocycles. The van der Waals surface area contributed by atoms with Crippen LogP contribution in [0.15, 0.2) is 88.7 Å². The minimum atomic E-state index is -4.06. The standard InChI is InChI=1S/C28H32O8S2/c1-21-8-12-26(13-9-21)37(29,30)35-17-23(18-36-38(31,32)27-14-10-22(2)11-15-27)16-28-33-19-25(20-34-28)24-6-4-3-5-7-24/h3-15,23,25,28H,16-20H2,1-2H3. The smallest absolute Gasteiger partial charge is 0.296 e. The Morgan fingerprint density at radius 3 is 1.61 bits per heavy atom. The quantitative estimate of drug-likeness (QED) is 0.314. The van der Waals surface area contributed by atoms with Crippen molar-refractivity contribution in [2.24, 2.45) is 5.92 Å². The van der Waals surface area contributed by atoms with E-state index in [4.69, 9.17) is 17.8 Å². The predicted molar refractivity (Wildman–Crippen MR) is 142 cm³/mol. The van der Waals surface area contributed by atoms with Crippen LogP contribution in [0.1, 0.15) is 29.0 Å². The third-order valence-corrected chi connectivity index (χ3v) is 8.89. The summed E-state index contributed by atoms with van der Waals surface area (Å²) < 4.78 is 73.5. The fourth-order valence-electron chi connectivity index (χ4n) is 3.97. The minimum absolute atomic E-state index is 0.0194. The van der Waals surface area contributed by atoms with E-state index in [0.29, 0.717) is 13.2 Å². The molecule has 1 heterocycles. The van der Waals surface area contributed by atoms with E-state index in [1.807, 2.05) is 44.2 Å². The minimum Gasteiger partial charge on any atom is -0.352 e. The highest BCUT2D eigenvalue weighted by Gasteiger charge is 2.29. The monoisotopic (exact) mass is 560 g/mol. The summed E-state index contributed by atoms with van der Waals surface area (Å²) in [6.07, 6.45) is -0.467. The van der Waals surface area contributed by atoms with Crippen LogP contribution < -0.4 is 0 Å². The molecule has 0 aromatic heterocycles. The van der Waals surface area contributed by atoms with Gasteiger partial charge < -0.3 is 9.47 Å². The van der Waals surface area contributed by atoms with Crippen LogP contribution in [-0.4, -0.2) is 49.6 Å². The number of ether oxygens (including phenoxy) is 2. The summed E-state index contributed by atoms with van der Waals surface area (Å²) in [7, 11) is -8.11. The zero-order valence-corrected chi connectivity index (χ0v) is 23.0. The Balaban J connectivity index is 1.42. The van der Waals surface area contributed by atoms with Crippen LogP contribution >= 0.6 is 0 Å². The first-order valence-electron chi connectivity index (χ1n) is 12.3. The van der Waals surface area contributed by atoms with Gasteiger partial charge in [-0.2, -0.15) is 16.8 Å². The maximum atomic E-state index is 12.8. The Morgan fingerprint density at radius 1 is 0.711 bits per heavy atom. The van der Waals surface area contributed by atoms with Crippen molar-refractivity contribution in [1.29, 1.82) is 0 Å². The van der Waals surface area contributed by atoms with Gasteiger partial charge in [0, 0.05) is 18.3 Å². The molecule has 3 aromatic carbocycles. The molecule has 0 radical (unpaired) electrons. The molecule has 0 atom stereocenters. The number of benzene rings is 3. The summed E-state index contributed by atoms with van der Waals surface area (Å²) in [6, 6.07) is 22.4. The van der Waals surface area contributed by atoms with Gasteiger partial charge >= 0.3 is 0 Å². The molecule has 0 aliphatic carbocycles. The van der Waals surface area contributed by atoms with Crippen LogP contribution in [0.25, 0.3) is 0 Å². The number of hydrogen-bond donors (Lipinski definition) is 0. The van der Waals surface area contributed by atoms with E-state index in [-0.39, 0.29) is 35.3 Å². The number of hydrogen-bond acceptors (Lipinski definition) is 8. The van der Waals surface area contributed by atoms with E-state index in [2.05, 4.69) is 0 Å². The summed E-state index contributed by atoms with van der Waals surface area (Å²) >= 11 is 0. The molecule has 204 valence electrons. The van der Waals surface area contributed by atoms with Gasteiger partial charge in [-0.15, -0.1) is 0 Å². The summed E-state index contributed by atoms with van der Waals surface area (Å²) in [6.45, 7) is 3.95. The second-order valence-corrected chi connectivity index (χ2v) is 12.6. The number of aryl methyl sites for hydroxylation is 2. The molecule has 0 saturated carbocycles. The third kappa shape index (κ3) is 7.72. The molecule has 0 amide bonds. The molecule has 10 heteroatoms. The maximum Gasteiger partial charge on any atom is 0.296 e. The van der Waals surface area contributed by atoms with Gasteiger partial charge in [0.25, 0.3) is 20.2 Å². The Labute approximate surface area is 224 Å². The van der Waals surface area contributed by atoms with Crippen molar-refractivity contribution < 1.29 is 34.7 Å². The van der Waals surface area contributed by atoms with Gasteiger partial charge in [-0.3, -0.25) is 8.37 Å². The van der Waals surface area contributed by atoms with Crippen LogP contribution in [0.2, 0.25) is 0 Å². The molecule has 3 aromatic rings. The second kappa shape index (κ2) is 12.5. The average Bonchev–Trinajstić information content (AvgIpc) is 2.92. The first-order chi connectivity index (χ1) is 18.1. The van der Waals surface area contributed by atoms with Gasteiger partial charge in [-0.05, 0) is 43.7 Å². The molecule has 0 unspecified atom stereocenters. The van der Waals surface area contributed by atoms with Gasteiger partial charge in [0.1, 0.15) is 0 Å². The first kappa shape index (κ1) is 28.4. The van der Waals surface area contributed by atoms with Crippen LogP contribution in [0, 0.1) is 19.8 Å². The molecular weight excluding hydrogens is 528 g/mol.